The minimum atomic E-state index is -0.781. The lowest BCUT2D eigenvalue weighted by molar-refractivity contribution is -0.139. The highest BCUT2D eigenvalue weighted by molar-refractivity contribution is 7.07. The van der Waals surface area contributed by atoms with Gasteiger partial charge in [0, 0.05) is 0 Å². The maximum atomic E-state index is 13.7. The highest BCUT2D eigenvalue weighted by Gasteiger charge is 2.33. The van der Waals surface area contributed by atoms with E-state index in [0.29, 0.717) is 43.4 Å². The van der Waals surface area contributed by atoms with Gasteiger partial charge in [0.05, 0.1) is 49.8 Å². The second-order valence-corrected chi connectivity index (χ2v) is 8.86. The molecule has 1 N–H and O–H groups in total. The molecule has 0 radical (unpaired) electrons. The number of rotatable bonds is 7. The lowest BCUT2D eigenvalue weighted by atomic mass is 9.95. The van der Waals surface area contributed by atoms with E-state index in [2.05, 4.69) is 4.99 Å². The Labute approximate surface area is 211 Å². The van der Waals surface area contributed by atoms with Crippen molar-refractivity contribution in [3.63, 3.8) is 0 Å². The molecule has 1 atom stereocenters. The summed E-state index contributed by atoms with van der Waals surface area (Å²) >= 11 is 1.20. The number of benzene rings is 2. The Morgan fingerprint density at radius 3 is 2.47 bits per heavy atom. The summed E-state index contributed by atoms with van der Waals surface area (Å²) in [4.78, 5) is 31.8. The molecular weight excluding hydrogens is 484 g/mol. The number of allylic oxidation sites excluding steroid dienone is 1. The van der Waals surface area contributed by atoms with Gasteiger partial charge in [-0.05, 0) is 55.3 Å². The number of phenols is 1. The Kier molecular flexibility index (Phi) is 7.16. The molecule has 0 amide bonds. The summed E-state index contributed by atoms with van der Waals surface area (Å²) in [5.41, 5.74) is 1.73. The van der Waals surface area contributed by atoms with Gasteiger partial charge in [0.25, 0.3) is 5.56 Å². The van der Waals surface area contributed by atoms with E-state index in [4.69, 9.17) is 18.9 Å². The highest BCUT2D eigenvalue weighted by Crippen LogP contribution is 2.36. The van der Waals surface area contributed by atoms with Gasteiger partial charge in [-0.1, -0.05) is 23.5 Å². The second kappa shape index (κ2) is 10.3. The summed E-state index contributed by atoms with van der Waals surface area (Å²) in [5, 5.41) is 9.90. The molecule has 0 bridgehead atoms. The van der Waals surface area contributed by atoms with Crippen LogP contribution >= 0.6 is 11.3 Å². The molecule has 1 aliphatic heterocycles. The van der Waals surface area contributed by atoms with E-state index in [0.717, 1.165) is 0 Å². The zero-order chi connectivity index (χ0) is 26.0. The van der Waals surface area contributed by atoms with Gasteiger partial charge >= 0.3 is 5.97 Å². The molecule has 1 aliphatic rings. The molecule has 0 spiro atoms. The maximum Gasteiger partial charge on any atom is 0.338 e. The van der Waals surface area contributed by atoms with Gasteiger partial charge in [-0.3, -0.25) is 9.36 Å². The van der Waals surface area contributed by atoms with Crippen LogP contribution in [0.2, 0.25) is 0 Å². The van der Waals surface area contributed by atoms with Gasteiger partial charge in [-0.25, -0.2) is 9.79 Å². The fourth-order valence-corrected chi connectivity index (χ4v) is 5.11. The topological polar surface area (TPSA) is 109 Å². The molecule has 0 fully saturated rings. The number of carbonyl (C=O) groups excluding carboxylic acids is 1. The van der Waals surface area contributed by atoms with Crippen molar-refractivity contribution >= 4 is 23.4 Å². The third kappa shape index (κ3) is 4.47. The molecule has 0 saturated heterocycles. The van der Waals surface area contributed by atoms with E-state index < -0.39 is 12.0 Å². The smallest absolute Gasteiger partial charge is 0.338 e. The summed E-state index contributed by atoms with van der Waals surface area (Å²) in [5.74, 6) is 0.732. The molecule has 9 nitrogen and oxygen atoms in total. The van der Waals surface area contributed by atoms with Crippen LogP contribution in [0.4, 0.5) is 0 Å². The first-order valence-corrected chi connectivity index (χ1v) is 11.9. The lowest BCUT2D eigenvalue weighted by Gasteiger charge is -2.25. The third-order valence-electron chi connectivity index (χ3n) is 5.74. The standard InChI is InChI=1S/C26H26N2O7S/c1-6-35-25(31)22-14(2)27-26-28(23(22)16-8-10-18(32-3)20(13-16)34-5)24(30)21(36-26)12-15-7-9-17(29)19(11-15)33-4/h7-13,23,29H,6H2,1-5H3/b21-12-/t23-/m0/s1. The number of esters is 1. The van der Waals surface area contributed by atoms with Gasteiger partial charge in [-0.15, -0.1) is 0 Å². The Morgan fingerprint density at radius 2 is 1.81 bits per heavy atom. The van der Waals surface area contributed by atoms with Crippen molar-refractivity contribution in [1.82, 2.24) is 4.57 Å². The largest absolute Gasteiger partial charge is 0.504 e. The third-order valence-corrected chi connectivity index (χ3v) is 6.72. The Balaban J connectivity index is 1.96. The molecule has 36 heavy (non-hydrogen) atoms. The van der Waals surface area contributed by atoms with Crippen molar-refractivity contribution in [3.05, 3.63) is 78.5 Å². The number of methoxy groups -OCH3 is 3. The Bertz CT molecular complexity index is 1530. The van der Waals surface area contributed by atoms with Gasteiger partial charge in [0.2, 0.25) is 0 Å². The molecule has 0 unspecified atom stereocenters. The molecule has 0 saturated carbocycles. The molecule has 3 aromatic rings. The maximum absolute atomic E-state index is 13.7. The minimum absolute atomic E-state index is 0.000679. The summed E-state index contributed by atoms with van der Waals surface area (Å²) < 4.78 is 23.2. The molecule has 1 aromatic heterocycles. The van der Waals surface area contributed by atoms with Crippen LogP contribution in [0.3, 0.4) is 0 Å². The van der Waals surface area contributed by atoms with Crippen molar-refractivity contribution in [3.8, 4) is 23.0 Å². The fraction of sp³-hybridized carbons (Fsp3) is 0.269. The zero-order valence-electron chi connectivity index (χ0n) is 20.5. The molecule has 188 valence electrons. The summed E-state index contributed by atoms with van der Waals surface area (Å²) in [7, 11) is 4.51. The van der Waals surface area contributed by atoms with Crippen molar-refractivity contribution < 1.29 is 28.8 Å². The van der Waals surface area contributed by atoms with Crippen LogP contribution in [0.5, 0.6) is 23.0 Å². The van der Waals surface area contributed by atoms with Crippen LogP contribution in [-0.4, -0.2) is 43.6 Å². The summed E-state index contributed by atoms with van der Waals surface area (Å²) in [6.07, 6.45) is 1.70. The number of aromatic hydroxyl groups is 1. The highest BCUT2D eigenvalue weighted by atomic mass is 32.1. The molecule has 2 aromatic carbocycles. The van der Waals surface area contributed by atoms with E-state index >= 15 is 0 Å². The zero-order valence-corrected chi connectivity index (χ0v) is 21.3. The number of carbonyl (C=O) groups is 1. The summed E-state index contributed by atoms with van der Waals surface area (Å²) in [6.45, 7) is 3.63. The Morgan fingerprint density at radius 1 is 1.08 bits per heavy atom. The van der Waals surface area contributed by atoms with Crippen LogP contribution < -0.4 is 29.1 Å². The van der Waals surface area contributed by atoms with E-state index in [1.807, 2.05) is 0 Å². The van der Waals surface area contributed by atoms with E-state index in [9.17, 15) is 14.7 Å². The minimum Gasteiger partial charge on any atom is -0.504 e. The van der Waals surface area contributed by atoms with E-state index in [-0.39, 0.29) is 23.5 Å². The molecular formula is C26H26N2O7S. The fourth-order valence-electron chi connectivity index (χ4n) is 4.07. The normalized spacial score (nSPS) is 15.2. The van der Waals surface area contributed by atoms with Gasteiger partial charge in [0.15, 0.2) is 27.8 Å². The second-order valence-electron chi connectivity index (χ2n) is 7.85. The number of nitrogens with zero attached hydrogens (tertiary/aromatic N) is 2. The average molecular weight is 511 g/mol. The summed E-state index contributed by atoms with van der Waals surface area (Å²) in [6, 6.07) is 9.28. The first-order chi connectivity index (χ1) is 17.3. The van der Waals surface area contributed by atoms with E-state index in [1.165, 1.54) is 43.3 Å². The average Bonchev–Trinajstić information content (AvgIpc) is 3.18. The number of phenolic OH excluding ortho intramolecular Hbond substituents is 1. The van der Waals surface area contributed by atoms with Crippen molar-refractivity contribution in [2.24, 2.45) is 4.99 Å². The quantitative estimate of drug-likeness (QED) is 0.487. The van der Waals surface area contributed by atoms with E-state index in [1.54, 1.807) is 50.3 Å². The van der Waals surface area contributed by atoms with Gasteiger partial charge < -0.3 is 24.1 Å². The van der Waals surface area contributed by atoms with Crippen LogP contribution in [0, 0.1) is 0 Å². The number of aromatic nitrogens is 1. The monoisotopic (exact) mass is 510 g/mol. The van der Waals surface area contributed by atoms with Crippen molar-refractivity contribution in [2.45, 2.75) is 19.9 Å². The van der Waals surface area contributed by atoms with Gasteiger partial charge in [-0.2, -0.15) is 0 Å². The van der Waals surface area contributed by atoms with Crippen LogP contribution in [-0.2, 0) is 9.53 Å². The number of thiazole rings is 1. The van der Waals surface area contributed by atoms with Crippen LogP contribution in [0.1, 0.15) is 31.0 Å². The molecule has 0 aliphatic carbocycles. The lowest BCUT2D eigenvalue weighted by Crippen LogP contribution is -2.39. The predicted molar refractivity (Wildman–Crippen MR) is 135 cm³/mol. The SMILES string of the molecule is CCOC(=O)C1=C(C)N=c2s/c(=C\c3ccc(O)c(OC)c3)c(=O)n2[C@H]1c1ccc(OC)c(OC)c1. The number of hydrogen-bond donors (Lipinski definition) is 1. The van der Waals surface area contributed by atoms with Crippen LogP contribution in [0.15, 0.2) is 57.5 Å². The van der Waals surface area contributed by atoms with Gasteiger partial charge in [0.1, 0.15) is 0 Å². The van der Waals surface area contributed by atoms with Crippen molar-refractivity contribution in [1.29, 1.82) is 0 Å². The first-order valence-electron chi connectivity index (χ1n) is 11.1. The number of hydrogen-bond acceptors (Lipinski definition) is 9. The first kappa shape index (κ1) is 25.1. The number of fused-ring (bicyclic) bond motifs is 1. The number of ether oxygens (including phenoxy) is 4. The molecule has 4 rings (SSSR count). The molecule has 10 heteroatoms. The van der Waals surface area contributed by atoms with Crippen molar-refractivity contribution in [2.75, 3.05) is 27.9 Å². The van der Waals surface area contributed by atoms with Crippen LogP contribution in [0.25, 0.3) is 6.08 Å². The predicted octanol–water partition coefficient (Wildman–Crippen LogP) is 2.53. The Hall–Kier alpha value is -4.05. The molecule has 2 heterocycles.